The fraction of sp³-hybridized carbons (Fsp3) is 0.364. The minimum absolute atomic E-state index is 0.857. The summed E-state index contributed by atoms with van der Waals surface area (Å²) in [5.74, 6) is 0.867. The highest BCUT2D eigenvalue weighted by molar-refractivity contribution is 5.94. The molecule has 2 rings (SSSR count). The Balaban J connectivity index is 2.11. The first-order valence-corrected chi connectivity index (χ1v) is 5.08. The Bertz CT molecular complexity index is 371. The normalized spacial score (nSPS) is 14.4. The van der Waals surface area contributed by atoms with Crippen molar-refractivity contribution in [1.29, 1.82) is 0 Å². The lowest BCUT2D eigenvalue weighted by molar-refractivity contribution is 0.959. The molecule has 0 bridgehead atoms. The van der Waals surface area contributed by atoms with Crippen LogP contribution in [0.4, 0.5) is 11.4 Å². The number of nitrogens with zero attached hydrogens (tertiary/aromatic N) is 2. The number of hydrogen-bond acceptors (Lipinski definition) is 4. The Labute approximate surface area is 90.0 Å². The van der Waals surface area contributed by atoms with E-state index in [4.69, 9.17) is 0 Å². The number of hydrogen-bond donors (Lipinski definition) is 2. The van der Waals surface area contributed by atoms with Gasteiger partial charge in [-0.1, -0.05) is 6.07 Å². The number of rotatable bonds is 2. The minimum atomic E-state index is 0.857. The Morgan fingerprint density at radius 3 is 2.93 bits per heavy atom. The second-order valence-corrected chi connectivity index (χ2v) is 3.73. The van der Waals surface area contributed by atoms with Gasteiger partial charge in [0.1, 0.15) is 0 Å². The van der Waals surface area contributed by atoms with Crippen LogP contribution in [0.3, 0.4) is 0 Å². The second-order valence-electron chi connectivity index (χ2n) is 3.73. The molecule has 0 aromatic heterocycles. The van der Waals surface area contributed by atoms with Crippen LogP contribution in [-0.4, -0.2) is 33.1 Å². The molecule has 0 atom stereocenters. The fourth-order valence-electron chi connectivity index (χ4n) is 1.48. The zero-order valence-corrected chi connectivity index (χ0v) is 9.12. The highest BCUT2D eigenvalue weighted by atomic mass is 15.2. The van der Waals surface area contributed by atoms with E-state index in [1.807, 2.05) is 26.2 Å². The first kappa shape index (κ1) is 9.83. The predicted octanol–water partition coefficient (Wildman–Crippen LogP) is 1.12. The lowest BCUT2D eigenvalue weighted by atomic mass is 10.2. The Morgan fingerprint density at radius 2 is 2.27 bits per heavy atom. The number of benzene rings is 1. The number of aliphatic imine (C=N–C) groups is 1. The summed E-state index contributed by atoms with van der Waals surface area (Å²) < 4.78 is 0. The van der Waals surface area contributed by atoms with Crippen molar-refractivity contribution in [3.05, 3.63) is 24.3 Å². The zero-order chi connectivity index (χ0) is 10.7. The van der Waals surface area contributed by atoms with Gasteiger partial charge in [0.15, 0.2) is 5.96 Å². The van der Waals surface area contributed by atoms with Crippen molar-refractivity contribution in [2.24, 2.45) is 4.99 Å². The van der Waals surface area contributed by atoms with Crippen LogP contribution in [-0.2, 0) is 0 Å². The zero-order valence-electron chi connectivity index (χ0n) is 9.12. The standard InChI is InChI=1S/C11H16N4/c1-15(2)10-5-3-4-9(8-10)14-11-12-6-7-13-11/h3-5,8H,6-7H2,1-2H3,(H2,12,13,14). The molecule has 0 aliphatic carbocycles. The molecule has 1 aromatic carbocycles. The first-order chi connectivity index (χ1) is 7.25. The van der Waals surface area contributed by atoms with E-state index in [-0.39, 0.29) is 0 Å². The largest absolute Gasteiger partial charge is 0.378 e. The van der Waals surface area contributed by atoms with Crippen LogP contribution < -0.4 is 15.5 Å². The van der Waals surface area contributed by atoms with Crippen LogP contribution in [0.25, 0.3) is 0 Å². The maximum absolute atomic E-state index is 4.29. The molecule has 0 saturated heterocycles. The molecule has 0 spiro atoms. The summed E-state index contributed by atoms with van der Waals surface area (Å²) in [6, 6.07) is 8.25. The summed E-state index contributed by atoms with van der Waals surface area (Å²) in [5, 5.41) is 6.43. The van der Waals surface area contributed by atoms with E-state index in [0.717, 1.165) is 24.7 Å². The summed E-state index contributed by atoms with van der Waals surface area (Å²) in [5.41, 5.74) is 2.24. The molecule has 1 heterocycles. The van der Waals surface area contributed by atoms with Crippen molar-refractivity contribution < 1.29 is 0 Å². The Morgan fingerprint density at radius 1 is 1.40 bits per heavy atom. The second kappa shape index (κ2) is 4.21. The topological polar surface area (TPSA) is 39.7 Å². The van der Waals surface area contributed by atoms with E-state index in [1.54, 1.807) is 0 Å². The molecule has 0 unspecified atom stereocenters. The number of nitrogens with one attached hydrogen (secondary N) is 2. The molecule has 1 aliphatic rings. The third kappa shape index (κ3) is 2.40. The van der Waals surface area contributed by atoms with Gasteiger partial charge < -0.3 is 15.5 Å². The maximum atomic E-state index is 4.29. The van der Waals surface area contributed by atoms with E-state index < -0.39 is 0 Å². The van der Waals surface area contributed by atoms with Gasteiger partial charge in [0.2, 0.25) is 0 Å². The molecule has 1 aliphatic heterocycles. The van der Waals surface area contributed by atoms with Crippen LogP contribution >= 0.6 is 0 Å². The SMILES string of the molecule is CN(C)c1cccc(NC2=NCCN2)c1. The number of anilines is 2. The molecule has 1 aromatic rings. The van der Waals surface area contributed by atoms with Gasteiger partial charge in [-0.15, -0.1) is 0 Å². The lowest BCUT2D eigenvalue weighted by Gasteiger charge is -2.14. The van der Waals surface area contributed by atoms with Crippen LogP contribution in [0.15, 0.2) is 29.3 Å². The quantitative estimate of drug-likeness (QED) is 0.758. The first-order valence-electron chi connectivity index (χ1n) is 5.08. The van der Waals surface area contributed by atoms with Crippen molar-refractivity contribution >= 4 is 17.3 Å². The third-order valence-electron chi connectivity index (χ3n) is 2.30. The molecule has 0 radical (unpaired) electrons. The molecule has 0 saturated carbocycles. The predicted molar refractivity (Wildman–Crippen MR) is 64.7 cm³/mol. The van der Waals surface area contributed by atoms with Gasteiger partial charge in [0, 0.05) is 32.0 Å². The van der Waals surface area contributed by atoms with Crippen molar-refractivity contribution in [3.8, 4) is 0 Å². The van der Waals surface area contributed by atoms with Crippen LogP contribution in [0.5, 0.6) is 0 Å². The number of guanidine groups is 1. The minimum Gasteiger partial charge on any atom is -0.378 e. The van der Waals surface area contributed by atoms with E-state index >= 15 is 0 Å². The smallest absolute Gasteiger partial charge is 0.195 e. The monoisotopic (exact) mass is 204 g/mol. The van der Waals surface area contributed by atoms with Gasteiger partial charge in [-0.25, -0.2) is 0 Å². The van der Waals surface area contributed by atoms with Gasteiger partial charge in [-0.05, 0) is 18.2 Å². The third-order valence-corrected chi connectivity index (χ3v) is 2.30. The molecule has 0 fully saturated rings. The summed E-state index contributed by atoms with van der Waals surface area (Å²) in [6.07, 6.45) is 0. The summed E-state index contributed by atoms with van der Waals surface area (Å²) >= 11 is 0. The summed E-state index contributed by atoms with van der Waals surface area (Å²) in [4.78, 5) is 6.36. The van der Waals surface area contributed by atoms with Crippen LogP contribution in [0.2, 0.25) is 0 Å². The molecule has 15 heavy (non-hydrogen) atoms. The van der Waals surface area contributed by atoms with Crippen molar-refractivity contribution in [2.45, 2.75) is 0 Å². The van der Waals surface area contributed by atoms with Crippen molar-refractivity contribution in [2.75, 3.05) is 37.4 Å². The molecule has 4 heteroatoms. The van der Waals surface area contributed by atoms with Crippen LogP contribution in [0, 0.1) is 0 Å². The lowest BCUT2D eigenvalue weighted by Crippen LogP contribution is -2.26. The van der Waals surface area contributed by atoms with Gasteiger partial charge in [-0.2, -0.15) is 0 Å². The molecule has 0 amide bonds. The van der Waals surface area contributed by atoms with E-state index in [0.29, 0.717) is 0 Å². The maximum Gasteiger partial charge on any atom is 0.195 e. The van der Waals surface area contributed by atoms with Crippen molar-refractivity contribution in [3.63, 3.8) is 0 Å². The Kier molecular flexibility index (Phi) is 2.76. The average Bonchev–Trinajstić information content (AvgIpc) is 2.71. The van der Waals surface area contributed by atoms with Gasteiger partial charge in [0.25, 0.3) is 0 Å². The van der Waals surface area contributed by atoms with E-state index in [9.17, 15) is 0 Å². The van der Waals surface area contributed by atoms with Crippen molar-refractivity contribution in [1.82, 2.24) is 5.32 Å². The van der Waals surface area contributed by atoms with E-state index in [1.165, 1.54) is 5.69 Å². The van der Waals surface area contributed by atoms with Gasteiger partial charge >= 0.3 is 0 Å². The average molecular weight is 204 g/mol. The molecule has 2 N–H and O–H groups in total. The van der Waals surface area contributed by atoms with Gasteiger partial charge in [-0.3, -0.25) is 4.99 Å². The highest BCUT2D eigenvalue weighted by Crippen LogP contribution is 2.17. The fourth-order valence-corrected chi connectivity index (χ4v) is 1.48. The summed E-state index contributed by atoms with van der Waals surface area (Å²) in [6.45, 7) is 1.78. The molecular formula is C11H16N4. The summed E-state index contributed by atoms with van der Waals surface area (Å²) in [7, 11) is 4.06. The highest BCUT2D eigenvalue weighted by Gasteiger charge is 2.05. The van der Waals surface area contributed by atoms with E-state index in [2.05, 4.69) is 32.7 Å². The van der Waals surface area contributed by atoms with Crippen LogP contribution in [0.1, 0.15) is 0 Å². The molecule has 4 nitrogen and oxygen atoms in total. The Hall–Kier alpha value is -1.71. The van der Waals surface area contributed by atoms with Gasteiger partial charge in [0.05, 0.1) is 6.54 Å². The molecule has 80 valence electrons. The molecular weight excluding hydrogens is 188 g/mol.